The van der Waals surface area contributed by atoms with Crippen LogP contribution < -0.4 is 10.6 Å². The molecule has 0 saturated heterocycles. The van der Waals surface area contributed by atoms with Crippen LogP contribution in [0.1, 0.15) is 77.2 Å². The Kier molecular flexibility index (Phi) is 10.7. The van der Waals surface area contributed by atoms with Crippen LogP contribution in [0.3, 0.4) is 0 Å². The van der Waals surface area contributed by atoms with E-state index in [0.29, 0.717) is 9.47 Å². The van der Waals surface area contributed by atoms with Crippen LogP contribution in [0.4, 0.5) is 10.8 Å². The van der Waals surface area contributed by atoms with E-state index in [1.165, 1.54) is 60.8 Å². The van der Waals surface area contributed by atoms with Crippen molar-refractivity contribution in [3.8, 4) is 0 Å². The number of nitrogens with zero attached hydrogens (tertiary/aromatic N) is 2. The SMILES string of the molecule is CCCCc1ccc(NC(=O)CSc2nnc(NC(=O)C3CCC(CCCC)CC3)s2)cc1. The number of rotatable bonds is 12. The Labute approximate surface area is 205 Å². The molecule has 33 heavy (non-hydrogen) atoms. The van der Waals surface area contributed by atoms with Crippen LogP contribution in [-0.4, -0.2) is 27.8 Å². The molecule has 0 unspecified atom stereocenters. The second kappa shape index (κ2) is 13.7. The molecule has 2 N–H and O–H groups in total. The Hall–Kier alpha value is -1.93. The van der Waals surface area contributed by atoms with Crippen molar-refractivity contribution in [2.45, 2.75) is 82.4 Å². The molecule has 180 valence electrons. The number of hydrogen-bond donors (Lipinski definition) is 2. The molecule has 1 aliphatic carbocycles. The highest BCUT2D eigenvalue weighted by Gasteiger charge is 2.26. The number of thioether (sulfide) groups is 1. The molecule has 0 spiro atoms. The van der Waals surface area contributed by atoms with Crippen LogP contribution in [0, 0.1) is 11.8 Å². The maximum Gasteiger partial charge on any atom is 0.234 e. The molecule has 1 aromatic carbocycles. The van der Waals surface area contributed by atoms with Gasteiger partial charge >= 0.3 is 0 Å². The van der Waals surface area contributed by atoms with Gasteiger partial charge in [0.25, 0.3) is 0 Å². The summed E-state index contributed by atoms with van der Waals surface area (Å²) in [7, 11) is 0. The molecule has 1 heterocycles. The van der Waals surface area contributed by atoms with Crippen molar-refractivity contribution in [3.05, 3.63) is 29.8 Å². The first kappa shape index (κ1) is 25.7. The third kappa shape index (κ3) is 8.74. The Bertz CT molecular complexity index is 877. The van der Waals surface area contributed by atoms with Crippen molar-refractivity contribution in [3.63, 3.8) is 0 Å². The minimum atomic E-state index is -0.0815. The zero-order valence-electron chi connectivity index (χ0n) is 19.8. The van der Waals surface area contributed by atoms with E-state index < -0.39 is 0 Å². The predicted molar refractivity (Wildman–Crippen MR) is 138 cm³/mol. The van der Waals surface area contributed by atoms with Gasteiger partial charge in [0.05, 0.1) is 5.75 Å². The summed E-state index contributed by atoms with van der Waals surface area (Å²) in [5.74, 6) is 1.08. The summed E-state index contributed by atoms with van der Waals surface area (Å²) in [5, 5.41) is 14.6. The number of hydrogen-bond acceptors (Lipinski definition) is 6. The Morgan fingerprint density at radius 3 is 2.42 bits per heavy atom. The topological polar surface area (TPSA) is 84.0 Å². The second-order valence-corrected chi connectivity index (χ2v) is 11.1. The van der Waals surface area contributed by atoms with Crippen LogP contribution in [0.15, 0.2) is 28.6 Å². The number of carbonyl (C=O) groups is 2. The molecule has 1 aromatic heterocycles. The smallest absolute Gasteiger partial charge is 0.234 e. The number of nitrogens with one attached hydrogen (secondary N) is 2. The minimum Gasteiger partial charge on any atom is -0.325 e. The molecule has 2 aromatic rings. The lowest BCUT2D eigenvalue weighted by molar-refractivity contribution is -0.121. The molecule has 0 aliphatic heterocycles. The van der Waals surface area contributed by atoms with Gasteiger partial charge in [0.2, 0.25) is 16.9 Å². The first-order valence-electron chi connectivity index (χ1n) is 12.2. The van der Waals surface area contributed by atoms with Gasteiger partial charge in [-0.25, -0.2) is 0 Å². The van der Waals surface area contributed by atoms with Gasteiger partial charge in [-0.1, -0.05) is 74.8 Å². The Morgan fingerprint density at radius 2 is 1.73 bits per heavy atom. The fraction of sp³-hybridized carbons (Fsp3) is 0.600. The van der Waals surface area contributed by atoms with E-state index in [4.69, 9.17) is 0 Å². The van der Waals surface area contributed by atoms with Gasteiger partial charge in [0.1, 0.15) is 0 Å². The van der Waals surface area contributed by atoms with E-state index in [1.807, 2.05) is 12.1 Å². The monoisotopic (exact) mass is 488 g/mol. The molecule has 2 amide bonds. The Morgan fingerprint density at radius 1 is 1.00 bits per heavy atom. The number of unbranched alkanes of at least 4 members (excludes halogenated alkanes) is 2. The normalized spacial score (nSPS) is 18.1. The molecular weight excluding hydrogens is 452 g/mol. The van der Waals surface area contributed by atoms with Crippen molar-refractivity contribution in [2.75, 3.05) is 16.4 Å². The first-order chi connectivity index (χ1) is 16.1. The molecule has 1 fully saturated rings. The fourth-order valence-corrected chi connectivity index (χ4v) is 5.75. The average molecular weight is 489 g/mol. The number of anilines is 2. The van der Waals surface area contributed by atoms with Crippen LogP contribution in [0.2, 0.25) is 0 Å². The van der Waals surface area contributed by atoms with E-state index in [0.717, 1.165) is 43.7 Å². The van der Waals surface area contributed by atoms with Crippen LogP contribution in [0.5, 0.6) is 0 Å². The second-order valence-electron chi connectivity index (χ2n) is 8.86. The molecule has 6 nitrogen and oxygen atoms in total. The van der Waals surface area contributed by atoms with Crippen molar-refractivity contribution in [1.29, 1.82) is 0 Å². The number of carbonyl (C=O) groups excluding carboxylic acids is 2. The molecule has 0 atom stereocenters. The maximum atomic E-state index is 12.6. The molecule has 8 heteroatoms. The molecule has 0 bridgehead atoms. The van der Waals surface area contributed by atoms with E-state index >= 15 is 0 Å². The van der Waals surface area contributed by atoms with Gasteiger partial charge in [-0.2, -0.15) is 0 Å². The summed E-state index contributed by atoms with van der Waals surface area (Å²) >= 11 is 2.66. The van der Waals surface area contributed by atoms with Crippen molar-refractivity contribution < 1.29 is 9.59 Å². The lowest BCUT2D eigenvalue weighted by Gasteiger charge is -2.27. The van der Waals surface area contributed by atoms with Gasteiger partial charge in [-0.15, -0.1) is 10.2 Å². The van der Waals surface area contributed by atoms with E-state index in [2.05, 4.69) is 46.8 Å². The standard InChI is InChI=1S/C25H36N4O2S2/c1-3-5-7-18-9-13-20(14-10-18)23(31)27-24-28-29-25(33-24)32-17-22(30)26-21-15-11-19(12-16-21)8-6-4-2/h11-12,15-16,18,20H,3-10,13-14,17H2,1-2H3,(H,26,30)(H,27,28,31). The van der Waals surface area contributed by atoms with E-state index in [-0.39, 0.29) is 23.5 Å². The average Bonchev–Trinajstić information content (AvgIpc) is 3.28. The summed E-state index contributed by atoms with van der Waals surface area (Å²) in [6.45, 7) is 4.41. The summed E-state index contributed by atoms with van der Waals surface area (Å²) in [6, 6.07) is 8.03. The zero-order chi connectivity index (χ0) is 23.5. The summed E-state index contributed by atoms with van der Waals surface area (Å²) in [6.07, 6.45) is 11.4. The molecular formula is C25H36N4O2S2. The third-order valence-corrected chi connectivity index (χ3v) is 8.18. The highest BCUT2D eigenvalue weighted by atomic mass is 32.2. The van der Waals surface area contributed by atoms with Gasteiger partial charge in [-0.3, -0.25) is 9.59 Å². The lowest BCUT2D eigenvalue weighted by atomic mass is 9.79. The number of benzene rings is 1. The van der Waals surface area contributed by atoms with Crippen LogP contribution in [-0.2, 0) is 16.0 Å². The first-order valence-corrected chi connectivity index (χ1v) is 14.0. The van der Waals surface area contributed by atoms with Crippen molar-refractivity contribution in [1.82, 2.24) is 10.2 Å². The number of aryl methyl sites for hydroxylation is 1. The molecule has 1 saturated carbocycles. The molecule has 1 aliphatic rings. The van der Waals surface area contributed by atoms with E-state index in [9.17, 15) is 9.59 Å². The number of aromatic nitrogens is 2. The molecule has 3 rings (SSSR count). The lowest BCUT2D eigenvalue weighted by Crippen LogP contribution is -2.27. The molecule has 0 radical (unpaired) electrons. The zero-order valence-corrected chi connectivity index (χ0v) is 21.4. The summed E-state index contributed by atoms with van der Waals surface area (Å²) in [5.41, 5.74) is 2.09. The highest BCUT2D eigenvalue weighted by molar-refractivity contribution is 8.01. The predicted octanol–water partition coefficient (Wildman–Crippen LogP) is 6.55. The van der Waals surface area contributed by atoms with Gasteiger partial charge in [-0.05, 0) is 62.1 Å². The van der Waals surface area contributed by atoms with Crippen molar-refractivity contribution >= 4 is 45.7 Å². The van der Waals surface area contributed by atoms with Gasteiger partial charge in [0, 0.05) is 11.6 Å². The van der Waals surface area contributed by atoms with E-state index in [1.54, 1.807) is 0 Å². The van der Waals surface area contributed by atoms with Crippen molar-refractivity contribution in [2.24, 2.45) is 11.8 Å². The number of amides is 2. The maximum absolute atomic E-state index is 12.6. The third-order valence-electron chi connectivity index (χ3n) is 6.20. The Balaban J connectivity index is 1.38. The fourth-order valence-electron chi connectivity index (χ4n) is 4.19. The summed E-state index contributed by atoms with van der Waals surface area (Å²) < 4.78 is 0.679. The van der Waals surface area contributed by atoms with Crippen LogP contribution >= 0.6 is 23.1 Å². The van der Waals surface area contributed by atoms with Crippen LogP contribution in [0.25, 0.3) is 0 Å². The van der Waals surface area contributed by atoms with Gasteiger partial charge in [0.15, 0.2) is 4.34 Å². The minimum absolute atomic E-state index is 0.0526. The highest BCUT2D eigenvalue weighted by Crippen LogP contribution is 2.33. The quantitative estimate of drug-likeness (QED) is 0.261. The van der Waals surface area contributed by atoms with Gasteiger partial charge < -0.3 is 10.6 Å². The largest absolute Gasteiger partial charge is 0.325 e. The summed E-state index contributed by atoms with van der Waals surface area (Å²) in [4.78, 5) is 24.9.